The predicted molar refractivity (Wildman–Crippen MR) is 76.8 cm³/mol. The van der Waals surface area contributed by atoms with Gasteiger partial charge >= 0.3 is 0 Å². The van der Waals surface area contributed by atoms with E-state index >= 15 is 0 Å². The smallest absolute Gasteiger partial charge is 0.157 e. The van der Waals surface area contributed by atoms with Crippen molar-refractivity contribution in [1.29, 1.82) is 0 Å². The zero-order valence-electron chi connectivity index (χ0n) is 10.7. The van der Waals surface area contributed by atoms with Gasteiger partial charge < -0.3 is 4.90 Å². The number of fused-ring (bicyclic) bond motifs is 2. The highest BCUT2D eigenvalue weighted by molar-refractivity contribution is 7.10. The van der Waals surface area contributed by atoms with E-state index in [2.05, 4.69) is 32.5 Å². The lowest BCUT2D eigenvalue weighted by atomic mass is 10.1. The van der Waals surface area contributed by atoms with Crippen LogP contribution in [0.5, 0.6) is 0 Å². The molecule has 19 heavy (non-hydrogen) atoms. The molecule has 96 valence electrons. The molecule has 1 aliphatic heterocycles. The Labute approximate surface area is 115 Å². The molecule has 0 saturated carbocycles. The third-order valence-corrected chi connectivity index (χ3v) is 4.62. The van der Waals surface area contributed by atoms with Crippen LogP contribution in [0, 0.1) is 6.92 Å². The van der Waals surface area contributed by atoms with Crippen molar-refractivity contribution in [1.82, 2.24) is 14.6 Å². The maximum atomic E-state index is 4.50. The number of hydrogen-bond donors (Lipinski definition) is 0. The van der Waals surface area contributed by atoms with E-state index in [4.69, 9.17) is 0 Å². The first kappa shape index (κ1) is 11.0. The van der Waals surface area contributed by atoms with Gasteiger partial charge in [-0.25, -0.2) is 4.98 Å². The Kier molecular flexibility index (Phi) is 2.35. The van der Waals surface area contributed by atoms with Crippen molar-refractivity contribution in [2.45, 2.75) is 19.9 Å². The van der Waals surface area contributed by atoms with Gasteiger partial charge in [0.25, 0.3) is 0 Å². The lowest BCUT2D eigenvalue weighted by Crippen LogP contribution is -2.31. The van der Waals surface area contributed by atoms with Crippen molar-refractivity contribution in [2.75, 3.05) is 11.4 Å². The molecule has 0 N–H and O–H groups in total. The Morgan fingerprint density at radius 2 is 2.26 bits per heavy atom. The van der Waals surface area contributed by atoms with Gasteiger partial charge in [-0.2, -0.15) is 9.61 Å². The Morgan fingerprint density at radius 1 is 1.32 bits per heavy atom. The molecule has 4 nitrogen and oxygen atoms in total. The molecular weight excluding hydrogens is 256 g/mol. The van der Waals surface area contributed by atoms with Crippen LogP contribution in [0.4, 0.5) is 5.82 Å². The Bertz CT molecular complexity index is 743. The van der Waals surface area contributed by atoms with Gasteiger partial charge in [0.15, 0.2) is 5.65 Å². The van der Waals surface area contributed by atoms with Crippen molar-refractivity contribution >= 4 is 22.8 Å². The topological polar surface area (TPSA) is 33.4 Å². The average Bonchev–Trinajstić information content (AvgIpc) is 3.04. The molecule has 3 aromatic heterocycles. The zero-order chi connectivity index (χ0) is 12.8. The molecule has 0 saturated heterocycles. The molecule has 0 spiro atoms. The van der Waals surface area contributed by atoms with Gasteiger partial charge in [0.2, 0.25) is 0 Å². The third kappa shape index (κ3) is 1.73. The number of thiophene rings is 1. The minimum absolute atomic E-state index is 0.922. The molecule has 1 aliphatic rings. The van der Waals surface area contributed by atoms with Crippen LogP contribution in [0.3, 0.4) is 0 Å². The van der Waals surface area contributed by atoms with Crippen LogP contribution in [-0.4, -0.2) is 21.1 Å². The van der Waals surface area contributed by atoms with E-state index < -0.39 is 0 Å². The van der Waals surface area contributed by atoms with Crippen molar-refractivity contribution in [3.63, 3.8) is 0 Å². The lowest BCUT2D eigenvalue weighted by Gasteiger charge is -2.29. The second kappa shape index (κ2) is 4.06. The Hall–Kier alpha value is -1.88. The molecule has 0 atom stereocenters. The van der Waals surface area contributed by atoms with Crippen molar-refractivity contribution < 1.29 is 0 Å². The maximum absolute atomic E-state index is 4.50. The van der Waals surface area contributed by atoms with Gasteiger partial charge in [0.1, 0.15) is 5.82 Å². The van der Waals surface area contributed by atoms with Crippen LogP contribution in [0.25, 0.3) is 5.65 Å². The van der Waals surface area contributed by atoms with Crippen molar-refractivity contribution in [2.24, 2.45) is 0 Å². The summed E-state index contributed by atoms with van der Waals surface area (Å²) in [7, 11) is 0. The normalized spacial score (nSPS) is 14.9. The van der Waals surface area contributed by atoms with Gasteiger partial charge in [-0.05, 0) is 30.4 Å². The molecule has 0 amide bonds. The van der Waals surface area contributed by atoms with E-state index in [-0.39, 0.29) is 0 Å². The average molecular weight is 270 g/mol. The highest BCUT2D eigenvalue weighted by Crippen LogP contribution is 2.28. The van der Waals surface area contributed by atoms with Gasteiger partial charge in [-0.15, -0.1) is 11.3 Å². The standard InChI is InChI=1S/C14H14N4S/c1-10-8-14(18-13(16-10)2-5-15-18)17-6-3-12-11(9-17)4-7-19-12/h2,4-5,7-8H,3,6,9H2,1H3. The van der Waals surface area contributed by atoms with Crippen LogP contribution >= 0.6 is 11.3 Å². The van der Waals surface area contributed by atoms with E-state index in [1.54, 1.807) is 0 Å². The molecule has 0 aromatic carbocycles. The summed E-state index contributed by atoms with van der Waals surface area (Å²) in [6.45, 7) is 4.06. The van der Waals surface area contributed by atoms with Crippen molar-refractivity contribution in [3.8, 4) is 0 Å². The minimum Gasteiger partial charge on any atom is -0.352 e. The Morgan fingerprint density at radius 3 is 3.21 bits per heavy atom. The second-order valence-electron chi connectivity index (χ2n) is 4.90. The third-order valence-electron chi connectivity index (χ3n) is 3.60. The van der Waals surface area contributed by atoms with E-state index in [0.29, 0.717) is 0 Å². The van der Waals surface area contributed by atoms with E-state index in [1.165, 1.54) is 10.4 Å². The number of aromatic nitrogens is 3. The van der Waals surface area contributed by atoms with Crippen LogP contribution < -0.4 is 4.90 Å². The molecule has 5 heteroatoms. The summed E-state index contributed by atoms with van der Waals surface area (Å²) in [4.78, 5) is 8.42. The largest absolute Gasteiger partial charge is 0.352 e. The molecular formula is C14H14N4S. The summed E-state index contributed by atoms with van der Waals surface area (Å²) in [5, 5.41) is 6.58. The fourth-order valence-electron chi connectivity index (χ4n) is 2.69. The molecule has 0 bridgehead atoms. The first-order valence-electron chi connectivity index (χ1n) is 6.43. The molecule has 4 rings (SSSR count). The summed E-state index contributed by atoms with van der Waals surface area (Å²) in [5.74, 6) is 1.14. The van der Waals surface area contributed by atoms with Gasteiger partial charge in [-0.1, -0.05) is 0 Å². The summed E-state index contributed by atoms with van der Waals surface area (Å²) in [6.07, 6.45) is 2.93. The number of nitrogens with zero attached hydrogens (tertiary/aromatic N) is 4. The molecule has 3 aromatic rings. The summed E-state index contributed by atoms with van der Waals surface area (Å²) in [5.41, 5.74) is 3.41. The van der Waals surface area contributed by atoms with E-state index in [0.717, 1.165) is 36.7 Å². The number of aryl methyl sites for hydroxylation is 1. The first-order chi connectivity index (χ1) is 9.31. The Balaban J connectivity index is 1.81. The van der Waals surface area contributed by atoms with Crippen LogP contribution in [0.1, 0.15) is 16.1 Å². The van der Waals surface area contributed by atoms with Gasteiger partial charge in [-0.3, -0.25) is 0 Å². The monoisotopic (exact) mass is 270 g/mol. The molecule has 0 aliphatic carbocycles. The first-order valence-corrected chi connectivity index (χ1v) is 7.31. The van der Waals surface area contributed by atoms with Gasteiger partial charge in [0.05, 0.1) is 6.20 Å². The zero-order valence-corrected chi connectivity index (χ0v) is 11.5. The van der Waals surface area contributed by atoms with E-state index in [1.807, 2.05) is 35.0 Å². The van der Waals surface area contributed by atoms with Gasteiger partial charge in [0, 0.05) is 35.8 Å². The number of rotatable bonds is 1. The predicted octanol–water partition coefficient (Wildman–Crippen LogP) is 2.66. The van der Waals surface area contributed by atoms with Crippen LogP contribution in [-0.2, 0) is 13.0 Å². The number of anilines is 1. The summed E-state index contributed by atoms with van der Waals surface area (Å²) < 4.78 is 1.93. The highest BCUT2D eigenvalue weighted by atomic mass is 32.1. The lowest BCUT2D eigenvalue weighted by molar-refractivity contribution is 0.711. The van der Waals surface area contributed by atoms with Crippen LogP contribution in [0.2, 0.25) is 0 Å². The molecule has 4 heterocycles. The quantitative estimate of drug-likeness (QED) is 0.681. The fraction of sp³-hybridized carbons (Fsp3) is 0.286. The summed E-state index contributed by atoms with van der Waals surface area (Å²) in [6, 6.07) is 6.31. The fourth-order valence-corrected chi connectivity index (χ4v) is 3.58. The highest BCUT2D eigenvalue weighted by Gasteiger charge is 2.20. The SMILES string of the molecule is Cc1cc(N2CCc3sccc3C2)n2nccc2n1. The molecule has 0 fully saturated rings. The molecule has 0 radical (unpaired) electrons. The minimum atomic E-state index is 0.922. The van der Waals surface area contributed by atoms with Crippen LogP contribution in [0.15, 0.2) is 29.8 Å². The summed E-state index contributed by atoms with van der Waals surface area (Å²) >= 11 is 1.87. The van der Waals surface area contributed by atoms with Crippen molar-refractivity contribution in [3.05, 3.63) is 45.9 Å². The van der Waals surface area contributed by atoms with E-state index in [9.17, 15) is 0 Å². The number of hydrogen-bond acceptors (Lipinski definition) is 4. The second-order valence-corrected chi connectivity index (χ2v) is 5.90. The maximum Gasteiger partial charge on any atom is 0.157 e. The molecule has 0 unspecified atom stereocenters.